The Labute approximate surface area is 141 Å². The highest BCUT2D eigenvalue weighted by Crippen LogP contribution is 2.32. The highest BCUT2D eigenvalue weighted by molar-refractivity contribution is 6.30. The van der Waals surface area contributed by atoms with Crippen molar-refractivity contribution in [3.05, 3.63) is 64.2 Å². The molecule has 1 N–H and O–H groups in total. The maximum Gasteiger partial charge on any atom is 0.224 e. The van der Waals surface area contributed by atoms with E-state index in [1.54, 1.807) is 7.11 Å². The zero-order valence-electron chi connectivity index (χ0n) is 13.1. The van der Waals surface area contributed by atoms with E-state index >= 15 is 0 Å². The van der Waals surface area contributed by atoms with Crippen LogP contribution in [0.15, 0.2) is 42.5 Å². The molecule has 3 nitrogen and oxygen atoms in total. The van der Waals surface area contributed by atoms with Gasteiger partial charge >= 0.3 is 0 Å². The normalized spacial score (nSPS) is 16.5. The van der Waals surface area contributed by atoms with Gasteiger partial charge in [-0.1, -0.05) is 29.8 Å². The van der Waals surface area contributed by atoms with Crippen LogP contribution in [0, 0.1) is 0 Å². The number of benzene rings is 2. The van der Waals surface area contributed by atoms with Crippen molar-refractivity contribution in [1.29, 1.82) is 0 Å². The van der Waals surface area contributed by atoms with Gasteiger partial charge in [0.25, 0.3) is 0 Å². The van der Waals surface area contributed by atoms with Crippen LogP contribution >= 0.6 is 11.6 Å². The van der Waals surface area contributed by atoms with E-state index in [-0.39, 0.29) is 11.9 Å². The first-order valence-corrected chi connectivity index (χ1v) is 8.24. The molecule has 1 unspecified atom stereocenters. The van der Waals surface area contributed by atoms with Crippen LogP contribution in [0.2, 0.25) is 5.02 Å². The molecule has 120 valence electrons. The van der Waals surface area contributed by atoms with Gasteiger partial charge < -0.3 is 10.1 Å². The molecule has 0 aliphatic heterocycles. The first-order valence-electron chi connectivity index (χ1n) is 7.86. The van der Waals surface area contributed by atoms with E-state index in [1.165, 1.54) is 11.1 Å². The second-order valence-electron chi connectivity index (χ2n) is 5.88. The summed E-state index contributed by atoms with van der Waals surface area (Å²) in [6.07, 6.45) is 3.43. The summed E-state index contributed by atoms with van der Waals surface area (Å²) in [5.74, 6) is 0.899. The molecule has 1 aliphatic carbocycles. The summed E-state index contributed by atoms with van der Waals surface area (Å²) < 4.78 is 5.29. The summed E-state index contributed by atoms with van der Waals surface area (Å²) in [6, 6.07) is 13.6. The molecule has 2 aromatic rings. The minimum absolute atomic E-state index is 0.0286. The third-order valence-electron chi connectivity index (χ3n) is 4.25. The van der Waals surface area contributed by atoms with Crippen molar-refractivity contribution in [2.45, 2.75) is 31.7 Å². The number of nitrogens with one attached hydrogen (secondary N) is 1. The predicted octanol–water partition coefficient (Wildman–Crippen LogP) is 4.08. The molecule has 1 aliphatic rings. The number of hydrogen-bond acceptors (Lipinski definition) is 2. The molecular weight excluding hydrogens is 310 g/mol. The fourth-order valence-electron chi connectivity index (χ4n) is 3.15. The van der Waals surface area contributed by atoms with Gasteiger partial charge in [-0.15, -0.1) is 0 Å². The topological polar surface area (TPSA) is 38.3 Å². The number of amides is 1. The number of carbonyl (C=O) groups excluding carboxylic acids is 1. The maximum absolute atomic E-state index is 12.3. The van der Waals surface area contributed by atoms with Gasteiger partial charge in [-0.25, -0.2) is 0 Å². The van der Waals surface area contributed by atoms with Gasteiger partial charge in [-0.3, -0.25) is 4.79 Å². The molecule has 0 bridgehead atoms. The number of halogens is 1. The number of aryl methyl sites for hydroxylation is 1. The molecule has 1 amide bonds. The summed E-state index contributed by atoms with van der Waals surface area (Å²) in [5.41, 5.74) is 3.40. The van der Waals surface area contributed by atoms with E-state index in [0.29, 0.717) is 11.4 Å². The van der Waals surface area contributed by atoms with Crippen molar-refractivity contribution in [2.75, 3.05) is 7.11 Å². The SMILES string of the molecule is COc1ccc2c(c1)CCCC2NC(=O)Cc1cccc(Cl)c1. The van der Waals surface area contributed by atoms with E-state index in [1.807, 2.05) is 30.3 Å². The monoisotopic (exact) mass is 329 g/mol. The molecule has 0 radical (unpaired) electrons. The Bertz CT molecular complexity index is 714. The number of hydrogen-bond donors (Lipinski definition) is 1. The molecule has 0 fully saturated rings. The largest absolute Gasteiger partial charge is 0.497 e. The zero-order chi connectivity index (χ0) is 16.2. The minimum Gasteiger partial charge on any atom is -0.497 e. The minimum atomic E-state index is 0.0286. The molecule has 0 saturated heterocycles. The highest BCUT2D eigenvalue weighted by Gasteiger charge is 2.22. The van der Waals surface area contributed by atoms with Crippen molar-refractivity contribution >= 4 is 17.5 Å². The van der Waals surface area contributed by atoms with Gasteiger partial charge in [0.15, 0.2) is 0 Å². The Kier molecular flexibility index (Phi) is 4.87. The van der Waals surface area contributed by atoms with E-state index < -0.39 is 0 Å². The van der Waals surface area contributed by atoms with Crippen LogP contribution in [0.3, 0.4) is 0 Å². The van der Waals surface area contributed by atoms with E-state index in [2.05, 4.69) is 17.4 Å². The van der Waals surface area contributed by atoms with Gasteiger partial charge in [0.1, 0.15) is 5.75 Å². The Balaban J connectivity index is 1.70. The lowest BCUT2D eigenvalue weighted by Crippen LogP contribution is -2.32. The van der Waals surface area contributed by atoms with Gasteiger partial charge in [0, 0.05) is 5.02 Å². The lowest BCUT2D eigenvalue weighted by atomic mass is 9.87. The van der Waals surface area contributed by atoms with Gasteiger partial charge in [-0.05, 0) is 60.2 Å². The second kappa shape index (κ2) is 7.05. The summed E-state index contributed by atoms with van der Waals surface area (Å²) in [5, 5.41) is 3.82. The lowest BCUT2D eigenvalue weighted by Gasteiger charge is -2.27. The fraction of sp³-hybridized carbons (Fsp3) is 0.316. The fourth-order valence-corrected chi connectivity index (χ4v) is 3.36. The van der Waals surface area contributed by atoms with Crippen LogP contribution in [0.5, 0.6) is 5.75 Å². The van der Waals surface area contributed by atoms with Gasteiger partial charge in [-0.2, -0.15) is 0 Å². The molecular formula is C19H20ClNO2. The number of carbonyl (C=O) groups is 1. The Morgan fingerprint density at radius 2 is 2.17 bits per heavy atom. The van der Waals surface area contributed by atoms with Crippen molar-refractivity contribution in [3.8, 4) is 5.75 Å². The third-order valence-corrected chi connectivity index (χ3v) is 4.49. The molecule has 23 heavy (non-hydrogen) atoms. The Morgan fingerprint density at radius 3 is 2.96 bits per heavy atom. The zero-order valence-corrected chi connectivity index (χ0v) is 13.9. The third kappa shape index (κ3) is 3.85. The number of rotatable bonds is 4. The number of ether oxygens (including phenoxy) is 1. The molecule has 3 rings (SSSR count). The van der Waals surface area contributed by atoms with E-state index in [0.717, 1.165) is 30.6 Å². The smallest absolute Gasteiger partial charge is 0.224 e. The summed E-state index contributed by atoms with van der Waals surface area (Å²) >= 11 is 5.97. The highest BCUT2D eigenvalue weighted by atomic mass is 35.5. The van der Waals surface area contributed by atoms with E-state index in [4.69, 9.17) is 16.3 Å². The average Bonchev–Trinajstić information content (AvgIpc) is 2.54. The van der Waals surface area contributed by atoms with Gasteiger partial charge in [0.05, 0.1) is 19.6 Å². The van der Waals surface area contributed by atoms with Crippen molar-refractivity contribution in [3.63, 3.8) is 0 Å². The Morgan fingerprint density at radius 1 is 1.30 bits per heavy atom. The first-order chi connectivity index (χ1) is 11.2. The van der Waals surface area contributed by atoms with Crippen LogP contribution in [0.25, 0.3) is 0 Å². The first kappa shape index (κ1) is 15.9. The Hall–Kier alpha value is -2.00. The summed E-state index contributed by atoms with van der Waals surface area (Å²) in [7, 11) is 1.68. The van der Waals surface area contributed by atoms with Crippen LogP contribution in [0.4, 0.5) is 0 Å². The summed E-state index contributed by atoms with van der Waals surface area (Å²) in [6.45, 7) is 0. The van der Waals surface area contributed by atoms with Crippen LogP contribution < -0.4 is 10.1 Å². The van der Waals surface area contributed by atoms with Crippen molar-refractivity contribution < 1.29 is 9.53 Å². The van der Waals surface area contributed by atoms with Gasteiger partial charge in [0.2, 0.25) is 5.91 Å². The maximum atomic E-state index is 12.3. The standard InChI is InChI=1S/C19H20ClNO2/c1-23-16-8-9-17-14(12-16)5-3-7-18(17)21-19(22)11-13-4-2-6-15(20)10-13/h2,4,6,8-10,12,18H,3,5,7,11H2,1H3,(H,21,22). The molecule has 0 spiro atoms. The lowest BCUT2D eigenvalue weighted by molar-refractivity contribution is -0.121. The molecule has 0 saturated carbocycles. The molecule has 1 atom stereocenters. The molecule has 2 aromatic carbocycles. The number of methoxy groups -OCH3 is 1. The molecule has 0 heterocycles. The summed E-state index contributed by atoms with van der Waals surface area (Å²) in [4.78, 5) is 12.3. The quantitative estimate of drug-likeness (QED) is 0.917. The van der Waals surface area contributed by atoms with Crippen molar-refractivity contribution in [2.24, 2.45) is 0 Å². The number of fused-ring (bicyclic) bond motifs is 1. The van der Waals surface area contributed by atoms with E-state index in [9.17, 15) is 4.79 Å². The van der Waals surface area contributed by atoms with Crippen LogP contribution in [-0.4, -0.2) is 13.0 Å². The molecule has 0 aromatic heterocycles. The average molecular weight is 330 g/mol. The van der Waals surface area contributed by atoms with Crippen LogP contribution in [0.1, 0.15) is 35.6 Å². The van der Waals surface area contributed by atoms with Crippen molar-refractivity contribution in [1.82, 2.24) is 5.32 Å². The molecule has 4 heteroatoms. The van der Waals surface area contributed by atoms with Crippen LogP contribution in [-0.2, 0) is 17.6 Å². The predicted molar refractivity (Wildman–Crippen MR) is 92.0 cm³/mol. The second-order valence-corrected chi connectivity index (χ2v) is 6.32.